The van der Waals surface area contributed by atoms with Crippen molar-refractivity contribution in [1.29, 1.82) is 0 Å². The van der Waals surface area contributed by atoms with Crippen LogP contribution >= 0.6 is 23.2 Å². The van der Waals surface area contributed by atoms with Crippen molar-refractivity contribution in [3.63, 3.8) is 0 Å². The summed E-state index contributed by atoms with van der Waals surface area (Å²) >= 11 is 12.0. The lowest BCUT2D eigenvalue weighted by molar-refractivity contribution is -0.148. The van der Waals surface area contributed by atoms with Gasteiger partial charge in [-0.1, -0.05) is 41.4 Å². The smallest absolute Gasteiger partial charge is 0.331 e. The fourth-order valence-corrected chi connectivity index (χ4v) is 2.59. The van der Waals surface area contributed by atoms with Crippen LogP contribution in [0.2, 0.25) is 10.0 Å². The van der Waals surface area contributed by atoms with Crippen LogP contribution in [0.5, 0.6) is 5.75 Å². The Labute approximate surface area is 161 Å². The molecule has 5 nitrogen and oxygen atoms in total. The van der Waals surface area contributed by atoms with E-state index in [4.69, 9.17) is 32.7 Å². The van der Waals surface area contributed by atoms with Crippen molar-refractivity contribution in [1.82, 2.24) is 0 Å². The van der Waals surface area contributed by atoms with E-state index in [1.807, 2.05) is 0 Å². The van der Waals surface area contributed by atoms with E-state index in [0.29, 0.717) is 27.0 Å². The summed E-state index contributed by atoms with van der Waals surface area (Å²) in [6.07, 6.45) is 1.61. The summed E-state index contributed by atoms with van der Waals surface area (Å²) in [6, 6.07) is 11.9. The summed E-state index contributed by atoms with van der Waals surface area (Å²) in [6.45, 7) is 1.47. The maximum absolute atomic E-state index is 12.2. The molecule has 0 aromatic heterocycles. The number of benzene rings is 2. The second kappa shape index (κ2) is 9.27. The van der Waals surface area contributed by atoms with Crippen LogP contribution in [0.25, 0.3) is 6.08 Å². The number of halogens is 2. The Morgan fingerprint density at radius 1 is 1.08 bits per heavy atom. The molecule has 1 N–H and O–H groups in total. The highest BCUT2D eigenvalue weighted by Crippen LogP contribution is 2.25. The van der Waals surface area contributed by atoms with E-state index >= 15 is 0 Å². The number of para-hydroxylation sites is 2. The maximum Gasteiger partial charge on any atom is 0.331 e. The van der Waals surface area contributed by atoms with Crippen molar-refractivity contribution in [2.24, 2.45) is 0 Å². The standard InChI is InChI=1S/C19H17Cl2NO4/c1-12(19(24)22-16-8-3-4-9-17(16)25-2)26-18(23)11-10-13-14(20)6-5-7-15(13)21/h3-12H,1-2H3,(H,22,24)/b11-10+/t12-/m1/s1. The molecule has 0 bridgehead atoms. The molecular weight excluding hydrogens is 377 g/mol. The van der Waals surface area contributed by atoms with Crippen LogP contribution in [0, 0.1) is 0 Å². The highest BCUT2D eigenvalue weighted by Gasteiger charge is 2.18. The maximum atomic E-state index is 12.2. The lowest BCUT2D eigenvalue weighted by Crippen LogP contribution is -2.29. The molecule has 0 aliphatic heterocycles. The fraction of sp³-hybridized carbons (Fsp3) is 0.158. The summed E-state index contributed by atoms with van der Waals surface area (Å²) in [7, 11) is 1.50. The second-order valence-electron chi connectivity index (χ2n) is 5.24. The normalized spacial score (nSPS) is 11.8. The highest BCUT2D eigenvalue weighted by molar-refractivity contribution is 6.37. The summed E-state index contributed by atoms with van der Waals surface area (Å²) in [5, 5.41) is 3.46. The first-order valence-corrected chi connectivity index (χ1v) is 8.44. The monoisotopic (exact) mass is 393 g/mol. The molecule has 0 radical (unpaired) electrons. The number of ether oxygens (including phenoxy) is 2. The number of esters is 1. The van der Waals surface area contributed by atoms with Crippen LogP contribution in [-0.2, 0) is 14.3 Å². The Morgan fingerprint density at radius 2 is 1.73 bits per heavy atom. The third kappa shape index (κ3) is 5.25. The first kappa shape index (κ1) is 19.8. The van der Waals surface area contributed by atoms with Crippen LogP contribution in [0.3, 0.4) is 0 Å². The number of hydrogen-bond acceptors (Lipinski definition) is 4. The Balaban J connectivity index is 1.98. The highest BCUT2D eigenvalue weighted by atomic mass is 35.5. The van der Waals surface area contributed by atoms with Crippen molar-refractivity contribution in [3.05, 3.63) is 64.1 Å². The zero-order valence-electron chi connectivity index (χ0n) is 14.2. The molecule has 0 fully saturated rings. The van der Waals surface area contributed by atoms with Gasteiger partial charge in [0.25, 0.3) is 5.91 Å². The lowest BCUT2D eigenvalue weighted by Gasteiger charge is -2.14. The molecule has 136 valence electrons. The largest absolute Gasteiger partial charge is 0.495 e. The number of rotatable bonds is 6. The van der Waals surface area contributed by atoms with Crippen LogP contribution in [-0.4, -0.2) is 25.1 Å². The predicted octanol–water partition coefficient (Wildman–Crippen LogP) is 4.59. The third-order valence-electron chi connectivity index (χ3n) is 3.41. The van der Waals surface area contributed by atoms with Gasteiger partial charge < -0.3 is 14.8 Å². The summed E-state index contributed by atoms with van der Waals surface area (Å²) < 4.78 is 10.3. The van der Waals surface area contributed by atoms with Gasteiger partial charge >= 0.3 is 5.97 Å². The molecule has 2 rings (SSSR count). The minimum atomic E-state index is -1.00. The molecule has 0 saturated heterocycles. The van der Waals surface area contributed by atoms with Crippen LogP contribution < -0.4 is 10.1 Å². The number of methoxy groups -OCH3 is 1. The van der Waals surface area contributed by atoms with Crippen LogP contribution in [0.1, 0.15) is 12.5 Å². The van der Waals surface area contributed by atoms with Gasteiger partial charge in [-0.05, 0) is 37.3 Å². The third-order valence-corrected chi connectivity index (χ3v) is 4.07. The van der Waals surface area contributed by atoms with Crippen molar-refractivity contribution in [2.75, 3.05) is 12.4 Å². The number of carbonyl (C=O) groups is 2. The van der Waals surface area contributed by atoms with Gasteiger partial charge in [-0.2, -0.15) is 0 Å². The molecule has 7 heteroatoms. The topological polar surface area (TPSA) is 64.6 Å². The molecule has 26 heavy (non-hydrogen) atoms. The van der Waals surface area contributed by atoms with Crippen molar-refractivity contribution >= 4 is 46.8 Å². The average Bonchev–Trinajstić information content (AvgIpc) is 2.61. The van der Waals surface area contributed by atoms with Crippen molar-refractivity contribution in [3.8, 4) is 5.75 Å². The second-order valence-corrected chi connectivity index (χ2v) is 6.05. The molecular formula is C19H17Cl2NO4. The summed E-state index contributed by atoms with van der Waals surface area (Å²) in [5.74, 6) is -0.664. The van der Waals surface area contributed by atoms with E-state index in [1.165, 1.54) is 26.2 Å². The van der Waals surface area contributed by atoms with E-state index in [-0.39, 0.29) is 0 Å². The van der Waals surface area contributed by atoms with E-state index in [2.05, 4.69) is 5.32 Å². The van der Waals surface area contributed by atoms with E-state index in [0.717, 1.165) is 0 Å². The molecule has 0 spiro atoms. The van der Waals surface area contributed by atoms with Gasteiger partial charge in [0.1, 0.15) is 5.75 Å². The number of anilines is 1. The van der Waals surface area contributed by atoms with Crippen molar-refractivity contribution in [2.45, 2.75) is 13.0 Å². The Morgan fingerprint density at radius 3 is 2.38 bits per heavy atom. The van der Waals surface area contributed by atoms with Gasteiger partial charge in [0.15, 0.2) is 6.10 Å². The Kier molecular flexibility index (Phi) is 7.06. The average molecular weight is 394 g/mol. The van der Waals surface area contributed by atoms with E-state index < -0.39 is 18.0 Å². The number of carbonyl (C=O) groups excluding carboxylic acids is 2. The van der Waals surface area contributed by atoms with Gasteiger partial charge in [-0.3, -0.25) is 4.79 Å². The van der Waals surface area contributed by atoms with Gasteiger partial charge in [0, 0.05) is 21.7 Å². The number of hydrogen-bond donors (Lipinski definition) is 1. The lowest BCUT2D eigenvalue weighted by atomic mass is 10.2. The van der Waals surface area contributed by atoms with Gasteiger partial charge in [0.2, 0.25) is 0 Å². The molecule has 0 heterocycles. The first-order chi connectivity index (χ1) is 12.4. The van der Waals surface area contributed by atoms with E-state index in [9.17, 15) is 9.59 Å². The Hall–Kier alpha value is -2.50. The van der Waals surface area contributed by atoms with Gasteiger partial charge in [-0.15, -0.1) is 0 Å². The fourth-order valence-electron chi connectivity index (χ4n) is 2.07. The summed E-state index contributed by atoms with van der Waals surface area (Å²) in [5.41, 5.74) is 0.986. The molecule has 0 aliphatic rings. The van der Waals surface area contributed by atoms with Crippen LogP contribution in [0.15, 0.2) is 48.5 Å². The zero-order chi connectivity index (χ0) is 19.1. The predicted molar refractivity (Wildman–Crippen MR) is 103 cm³/mol. The number of nitrogens with one attached hydrogen (secondary N) is 1. The molecule has 0 aliphatic carbocycles. The van der Waals surface area contributed by atoms with Crippen molar-refractivity contribution < 1.29 is 19.1 Å². The molecule has 1 atom stereocenters. The first-order valence-electron chi connectivity index (χ1n) is 7.69. The molecule has 1 amide bonds. The minimum Gasteiger partial charge on any atom is -0.495 e. The quantitative estimate of drug-likeness (QED) is 0.575. The molecule has 2 aromatic carbocycles. The molecule has 0 saturated carbocycles. The number of amides is 1. The Bertz CT molecular complexity index is 816. The van der Waals surface area contributed by atoms with Crippen LogP contribution in [0.4, 0.5) is 5.69 Å². The minimum absolute atomic E-state index is 0.406. The summed E-state index contributed by atoms with van der Waals surface area (Å²) in [4.78, 5) is 24.1. The SMILES string of the molecule is COc1ccccc1NC(=O)[C@@H](C)OC(=O)/C=C/c1c(Cl)cccc1Cl. The van der Waals surface area contributed by atoms with Gasteiger partial charge in [-0.25, -0.2) is 4.79 Å². The van der Waals surface area contributed by atoms with E-state index in [1.54, 1.807) is 42.5 Å². The zero-order valence-corrected chi connectivity index (χ0v) is 15.7. The molecule has 2 aromatic rings. The van der Waals surface area contributed by atoms with Gasteiger partial charge in [0.05, 0.1) is 12.8 Å². The molecule has 0 unspecified atom stereocenters.